The van der Waals surface area contributed by atoms with Gasteiger partial charge in [0.05, 0.1) is 11.8 Å². The minimum atomic E-state index is -0.257. The lowest BCUT2D eigenvalue weighted by Gasteiger charge is -2.24. The van der Waals surface area contributed by atoms with E-state index in [0.717, 1.165) is 4.90 Å². The summed E-state index contributed by atoms with van der Waals surface area (Å²) in [4.78, 5) is 26.8. The molecule has 0 aliphatic rings. The lowest BCUT2D eigenvalue weighted by atomic mass is 10.3. The first-order valence-electron chi connectivity index (χ1n) is 7.33. The SMILES string of the molecule is CCN(CC(=O)NC(C)C)C(=O)C(C)Sc1ccc(Cl)cc1. The molecule has 1 atom stereocenters. The summed E-state index contributed by atoms with van der Waals surface area (Å²) in [5.74, 6) is -0.171. The van der Waals surface area contributed by atoms with E-state index in [4.69, 9.17) is 11.6 Å². The van der Waals surface area contributed by atoms with Crippen molar-refractivity contribution in [1.29, 1.82) is 0 Å². The molecule has 1 N–H and O–H groups in total. The molecule has 122 valence electrons. The molecule has 0 bridgehead atoms. The first-order chi connectivity index (χ1) is 10.3. The summed E-state index contributed by atoms with van der Waals surface area (Å²) in [6.45, 7) is 8.13. The van der Waals surface area contributed by atoms with Crippen LogP contribution in [-0.4, -0.2) is 41.1 Å². The Morgan fingerprint density at radius 3 is 2.32 bits per heavy atom. The van der Waals surface area contributed by atoms with Gasteiger partial charge in [0.15, 0.2) is 0 Å². The molecule has 1 aromatic carbocycles. The maximum atomic E-state index is 12.5. The van der Waals surface area contributed by atoms with E-state index in [1.54, 1.807) is 17.0 Å². The van der Waals surface area contributed by atoms with E-state index in [1.165, 1.54) is 11.8 Å². The first-order valence-corrected chi connectivity index (χ1v) is 8.59. The lowest BCUT2D eigenvalue weighted by molar-refractivity contribution is -0.135. The molecule has 0 aliphatic heterocycles. The predicted molar refractivity (Wildman–Crippen MR) is 92.3 cm³/mol. The number of carbonyl (C=O) groups is 2. The highest BCUT2D eigenvalue weighted by atomic mass is 35.5. The van der Waals surface area contributed by atoms with Gasteiger partial charge in [-0.25, -0.2) is 0 Å². The summed E-state index contributed by atoms with van der Waals surface area (Å²) in [6, 6.07) is 7.45. The number of nitrogens with zero attached hydrogens (tertiary/aromatic N) is 1. The van der Waals surface area contributed by atoms with E-state index in [-0.39, 0.29) is 29.7 Å². The van der Waals surface area contributed by atoms with E-state index in [9.17, 15) is 9.59 Å². The van der Waals surface area contributed by atoms with Gasteiger partial charge in [0.25, 0.3) is 0 Å². The summed E-state index contributed by atoms with van der Waals surface area (Å²) < 4.78 is 0. The zero-order valence-electron chi connectivity index (χ0n) is 13.4. The molecule has 22 heavy (non-hydrogen) atoms. The van der Waals surface area contributed by atoms with Crippen molar-refractivity contribution in [2.24, 2.45) is 0 Å². The molecule has 0 saturated carbocycles. The molecule has 0 saturated heterocycles. The topological polar surface area (TPSA) is 49.4 Å². The fraction of sp³-hybridized carbons (Fsp3) is 0.500. The van der Waals surface area contributed by atoms with Crippen molar-refractivity contribution in [3.05, 3.63) is 29.3 Å². The highest BCUT2D eigenvalue weighted by Gasteiger charge is 2.22. The molecule has 1 unspecified atom stereocenters. The average Bonchev–Trinajstić information content (AvgIpc) is 2.45. The molecule has 4 nitrogen and oxygen atoms in total. The van der Waals surface area contributed by atoms with E-state index >= 15 is 0 Å². The van der Waals surface area contributed by atoms with Gasteiger partial charge < -0.3 is 10.2 Å². The second kappa shape index (κ2) is 9.06. The molecule has 0 heterocycles. The number of benzene rings is 1. The minimum absolute atomic E-state index is 0.0404. The summed E-state index contributed by atoms with van der Waals surface area (Å²) in [5.41, 5.74) is 0. The van der Waals surface area contributed by atoms with Gasteiger partial charge in [0.1, 0.15) is 0 Å². The Labute approximate surface area is 141 Å². The van der Waals surface area contributed by atoms with Gasteiger partial charge in [-0.05, 0) is 52.0 Å². The number of nitrogens with one attached hydrogen (secondary N) is 1. The van der Waals surface area contributed by atoms with Gasteiger partial charge in [-0.15, -0.1) is 11.8 Å². The number of hydrogen-bond acceptors (Lipinski definition) is 3. The van der Waals surface area contributed by atoms with Crippen molar-refractivity contribution < 1.29 is 9.59 Å². The van der Waals surface area contributed by atoms with Crippen molar-refractivity contribution in [3.8, 4) is 0 Å². The number of likely N-dealkylation sites (N-methyl/N-ethyl adjacent to an activating group) is 1. The van der Waals surface area contributed by atoms with Crippen molar-refractivity contribution in [2.45, 2.75) is 43.9 Å². The fourth-order valence-electron chi connectivity index (χ4n) is 1.91. The Morgan fingerprint density at radius 2 is 1.82 bits per heavy atom. The number of halogens is 1. The number of rotatable bonds is 7. The van der Waals surface area contributed by atoms with Gasteiger partial charge in [-0.1, -0.05) is 11.6 Å². The van der Waals surface area contributed by atoms with Crippen LogP contribution in [0.4, 0.5) is 0 Å². The highest BCUT2D eigenvalue weighted by Crippen LogP contribution is 2.25. The third kappa shape index (κ3) is 6.28. The highest BCUT2D eigenvalue weighted by molar-refractivity contribution is 8.00. The van der Waals surface area contributed by atoms with E-state index in [0.29, 0.717) is 11.6 Å². The van der Waals surface area contributed by atoms with Gasteiger partial charge >= 0.3 is 0 Å². The van der Waals surface area contributed by atoms with Crippen LogP contribution in [0.2, 0.25) is 5.02 Å². The standard InChI is InChI=1S/C16H23ClN2O2S/c1-5-19(10-15(20)18-11(2)3)16(21)12(4)22-14-8-6-13(17)7-9-14/h6-9,11-12H,5,10H2,1-4H3,(H,18,20). The van der Waals surface area contributed by atoms with Crippen LogP contribution in [0, 0.1) is 0 Å². The summed E-state index contributed by atoms with van der Waals surface area (Å²) in [7, 11) is 0. The quantitative estimate of drug-likeness (QED) is 0.774. The fourth-order valence-corrected chi connectivity index (χ4v) is 2.99. The van der Waals surface area contributed by atoms with Crippen molar-refractivity contribution in [1.82, 2.24) is 10.2 Å². The van der Waals surface area contributed by atoms with Crippen LogP contribution >= 0.6 is 23.4 Å². The molecular weight excluding hydrogens is 320 g/mol. The molecule has 1 aromatic rings. The van der Waals surface area contributed by atoms with Crippen molar-refractivity contribution in [2.75, 3.05) is 13.1 Å². The maximum absolute atomic E-state index is 12.5. The smallest absolute Gasteiger partial charge is 0.239 e. The summed E-state index contributed by atoms with van der Waals surface area (Å²) in [6.07, 6.45) is 0. The Balaban J connectivity index is 2.62. The third-order valence-electron chi connectivity index (χ3n) is 2.95. The largest absolute Gasteiger partial charge is 0.352 e. The normalized spacial score (nSPS) is 12.1. The Hall–Kier alpha value is -1.20. The zero-order valence-corrected chi connectivity index (χ0v) is 15.0. The molecule has 6 heteroatoms. The van der Waals surface area contributed by atoms with E-state index < -0.39 is 0 Å². The predicted octanol–water partition coefficient (Wildman–Crippen LogP) is 3.19. The molecular formula is C16H23ClN2O2S. The van der Waals surface area contributed by atoms with Crippen molar-refractivity contribution >= 4 is 35.2 Å². The van der Waals surface area contributed by atoms with E-state index in [2.05, 4.69) is 5.32 Å². The summed E-state index contributed by atoms with van der Waals surface area (Å²) in [5, 5.41) is 3.22. The Kier molecular flexibility index (Phi) is 7.76. The monoisotopic (exact) mass is 342 g/mol. The Bertz CT molecular complexity index is 505. The molecule has 1 rings (SSSR count). The lowest BCUT2D eigenvalue weighted by Crippen LogP contribution is -2.45. The number of thioether (sulfide) groups is 1. The van der Waals surface area contributed by atoms with Crippen LogP contribution in [-0.2, 0) is 9.59 Å². The molecule has 2 amide bonds. The molecule has 0 fully saturated rings. The minimum Gasteiger partial charge on any atom is -0.352 e. The second-order valence-electron chi connectivity index (χ2n) is 5.29. The van der Waals surface area contributed by atoms with Crippen LogP contribution in [0.15, 0.2) is 29.2 Å². The van der Waals surface area contributed by atoms with Crippen LogP contribution in [0.25, 0.3) is 0 Å². The molecule has 0 aliphatic carbocycles. The molecule has 0 radical (unpaired) electrons. The van der Waals surface area contributed by atoms with Gasteiger partial charge in [0.2, 0.25) is 11.8 Å². The number of hydrogen-bond donors (Lipinski definition) is 1. The third-order valence-corrected chi connectivity index (χ3v) is 4.30. The zero-order chi connectivity index (χ0) is 16.7. The molecule has 0 aromatic heterocycles. The van der Waals surface area contributed by atoms with Gasteiger partial charge in [0, 0.05) is 22.5 Å². The number of amides is 2. The van der Waals surface area contributed by atoms with Crippen LogP contribution in [0.5, 0.6) is 0 Å². The Morgan fingerprint density at radius 1 is 1.23 bits per heavy atom. The van der Waals surface area contributed by atoms with Crippen LogP contribution in [0.1, 0.15) is 27.7 Å². The van der Waals surface area contributed by atoms with Crippen molar-refractivity contribution in [3.63, 3.8) is 0 Å². The maximum Gasteiger partial charge on any atom is 0.239 e. The number of carbonyl (C=O) groups excluding carboxylic acids is 2. The van der Waals surface area contributed by atoms with Crippen LogP contribution < -0.4 is 5.32 Å². The summed E-state index contributed by atoms with van der Waals surface area (Å²) >= 11 is 7.32. The van der Waals surface area contributed by atoms with E-state index in [1.807, 2.05) is 39.8 Å². The van der Waals surface area contributed by atoms with Gasteiger partial charge in [-0.3, -0.25) is 9.59 Å². The second-order valence-corrected chi connectivity index (χ2v) is 7.14. The van der Waals surface area contributed by atoms with Crippen LogP contribution in [0.3, 0.4) is 0 Å². The molecule has 0 spiro atoms. The van der Waals surface area contributed by atoms with Gasteiger partial charge in [-0.2, -0.15) is 0 Å². The average molecular weight is 343 g/mol. The first kappa shape index (κ1) is 18.8.